The molecule has 1 aromatic rings. The number of anilines is 1. The zero-order valence-electron chi connectivity index (χ0n) is 9.64. The van der Waals surface area contributed by atoms with E-state index in [9.17, 15) is 0 Å². The van der Waals surface area contributed by atoms with E-state index in [4.69, 9.17) is 14.6 Å². The van der Waals surface area contributed by atoms with E-state index >= 15 is 0 Å². The molecule has 2 N–H and O–H groups in total. The number of ether oxygens (including phenoxy) is 2. The SMILES string of the molecule is COCC(CNc1ccc(CO)cn1)OC. The Balaban J connectivity index is 2.40. The highest BCUT2D eigenvalue weighted by atomic mass is 16.5. The summed E-state index contributed by atoms with van der Waals surface area (Å²) in [6.07, 6.45) is 1.64. The fourth-order valence-electron chi connectivity index (χ4n) is 1.24. The summed E-state index contributed by atoms with van der Waals surface area (Å²) in [6, 6.07) is 3.65. The predicted molar refractivity (Wildman–Crippen MR) is 61.3 cm³/mol. The highest BCUT2D eigenvalue weighted by Gasteiger charge is 2.06. The Hall–Kier alpha value is -1.17. The summed E-state index contributed by atoms with van der Waals surface area (Å²) in [5.74, 6) is 0.760. The van der Waals surface area contributed by atoms with Crippen LogP contribution in [-0.4, -0.2) is 43.6 Å². The Labute approximate surface area is 95.4 Å². The van der Waals surface area contributed by atoms with E-state index in [0.29, 0.717) is 13.2 Å². The maximum Gasteiger partial charge on any atom is 0.125 e. The summed E-state index contributed by atoms with van der Waals surface area (Å²) in [5.41, 5.74) is 0.797. The molecule has 90 valence electrons. The van der Waals surface area contributed by atoms with Gasteiger partial charge >= 0.3 is 0 Å². The van der Waals surface area contributed by atoms with Crippen LogP contribution in [0.5, 0.6) is 0 Å². The molecular weight excluding hydrogens is 208 g/mol. The predicted octanol–water partition coefficient (Wildman–Crippen LogP) is 0.647. The van der Waals surface area contributed by atoms with Crippen molar-refractivity contribution in [3.05, 3.63) is 23.9 Å². The van der Waals surface area contributed by atoms with Gasteiger partial charge in [-0.15, -0.1) is 0 Å². The molecule has 0 aromatic carbocycles. The Morgan fingerprint density at radius 3 is 2.75 bits per heavy atom. The fraction of sp³-hybridized carbons (Fsp3) is 0.545. The van der Waals surface area contributed by atoms with Crippen molar-refractivity contribution in [2.45, 2.75) is 12.7 Å². The first-order chi connectivity index (χ1) is 7.80. The smallest absolute Gasteiger partial charge is 0.125 e. The van der Waals surface area contributed by atoms with Crippen LogP contribution in [-0.2, 0) is 16.1 Å². The number of methoxy groups -OCH3 is 2. The quantitative estimate of drug-likeness (QED) is 0.714. The standard InChI is InChI=1S/C11H18N2O3/c1-15-8-10(16-2)6-13-11-4-3-9(7-14)5-12-11/h3-5,10,14H,6-8H2,1-2H3,(H,12,13). The topological polar surface area (TPSA) is 63.6 Å². The summed E-state index contributed by atoms with van der Waals surface area (Å²) in [6.45, 7) is 1.19. The van der Waals surface area contributed by atoms with E-state index in [1.165, 1.54) is 0 Å². The molecule has 0 amide bonds. The molecule has 0 radical (unpaired) electrons. The first-order valence-corrected chi connectivity index (χ1v) is 5.11. The van der Waals surface area contributed by atoms with Crippen molar-refractivity contribution in [1.82, 2.24) is 4.98 Å². The van der Waals surface area contributed by atoms with Crippen molar-refractivity contribution in [3.63, 3.8) is 0 Å². The lowest BCUT2D eigenvalue weighted by Crippen LogP contribution is -2.26. The van der Waals surface area contributed by atoms with Crippen LogP contribution in [0, 0.1) is 0 Å². The average molecular weight is 226 g/mol. The van der Waals surface area contributed by atoms with E-state index in [-0.39, 0.29) is 12.7 Å². The number of pyridine rings is 1. The second-order valence-corrected chi connectivity index (χ2v) is 3.40. The third kappa shape index (κ3) is 4.14. The third-order valence-corrected chi connectivity index (χ3v) is 2.20. The highest BCUT2D eigenvalue weighted by molar-refractivity contribution is 5.35. The number of hydrogen-bond acceptors (Lipinski definition) is 5. The Morgan fingerprint density at radius 1 is 1.44 bits per heavy atom. The van der Waals surface area contributed by atoms with Crippen LogP contribution >= 0.6 is 0 Å². The number of rotatable bonds is 7. The van der Waals surface area contributed by atoms with E-state index in [2.05, 4.69) is 10.3 Å². The second kappa shape index (κ2) is 7.16. The molecule has 5 nitrogen and oxygen atoms in total. The number of nitrogens with zero attached hydrogens (tertiary/aromatic N) is 1. The van der Waals surface area contributed by atoms with Gasteiger partial charge in [0.1, 0.15) is 5.82 Å². The molecule has 0 bridgehead atoms. The molecule has 1 heterocycles. The van der Waals surface area contributed by atoms with E-state index in [1.54, 1.807) is 20.4 Å². The van der Waals surface area contributed by atoms with Gasteiger partial charge in [0.15, 0.2) is 0 Å². The average Bonchev–Trinajstić information content (AvgIpc) is 2.35. The second-order valence-electron chi connectivity index (χ2n) is 3.40. The van der Waals surface area contributed by atoms with E-state index < -0.39 is 0 Å². The normalized spacial score (nSPS) is 12.4. The maximum atomic E-state index is 8.86. The zero-order valence-corrected chi connectivity index (χ0v) is 9.64. The van der Waals surface area contributed by atoms with Crippen molar-refractivity contribution in [2.75, 3.05) is 32.7 Å². The lowest BCUT2D eigenvalue weighted by atomic mass is 10.3. The minimum absolute atomic E-state index is 0.00400. The third-order valence-electron chi connectivity index (χ3n) is 2.20. The van der Waals surface area contributed by atoms with E-state index in [0.717, 1.165) is 11.4 Å². The van der Waals surface area contributed by atoms with Gasteiger partial charge < -0.3 is 19.9 Å². The van der Waals surface area contributed by atoms with Crippen molar-refractivity contribution >= 4 is 5.82 Å². The Morgan fingerprint density at radius 2 is 2.25 bits per heavy atom. The summed E-state index contributed by atoms with van der Waals surface area (Å²) >= 11 is 0. The molecule has 0 saturated carbocycles. The molecule has 0 spiro atoms. The summed E-state index contributed by atoms with van der Waals surface area (Å²) in [7, 11) is 3.29. The van der Waals surface area contributed by atoms with Crippen LogP contribution in [0.4, 0.5) is 5.82 Å². The van der Waals surface area contributed by atoms with Crippen LogP contribution in [0.3, 0.4) is 0 Å². The van der Waals surface area contributed by atoms with Gasteiger partial charge in [0.25, 0.3) is 0 Å². The number of aliphatic hydroxyl groups is 1. The number of nitrogens with one attached hydrogen (secondary N) is 1. The zero-order chi connectivity index (χ0) is 11.8. The maximum absolute atomic E-state index is 8.86. The molecule has 0 aliphatic heterocycles. The summed E-state index contributed by atoms with van der Waals surface area (Å²) < 4.78 is 10.2. The number of aliphatic hydroxyl groups excluding tert-OH is 1. The van der Waals surface area contributed by atoms with Gasteiger partial charge in [0.2, 0.25) is 0 Å². The minimum Gasteiger partial charge on any atom is -0.392 e. The molecular formula is C11H18N2O3. The lowest BCUT2D eigenvalue weighted by molar-refractivity contribution is 0.0365. The first kappa shape index (κ1) is 12.9. The molecule has 1 atom stereocenters. The molecule has 16 heavy (non-hydrogen) atoms. The number of hydrogen-bond donors (Lipinski definition) is 2. The van der Waals surface area contributed by atoms with Crippen molar-refractivity contribution in [1.29, 1.82) is 0 Å². The molecule has 1 aromatic heterocycles. The largest absolute Gasteiger partial charge is 0.392 e. The lowest BCUT2D eigenvalue weighted by Gasteiger charge is -2.15. The van der Waals surface area contributed by atoms with Gasteiger partial charge in [0.05, 0.1) is 19.3 Å². The minimum atomic E-state index is 0.00400. The first-order valence-electron chi connectivity index (χ1n) is 5.11. The van der Waals surface area contributed by atoms with E-state index in [1.807, 2.05) is 12.1 Å². The summed E-state index contributed by atoms with van der Waals surface area (Å²) in [4.78, 5) is 4.15. The summed E-state index contributed by atoms with van der Waals surface area (Å²) in [5, 5.41) is 12.0. The van der Waals surface area contributed by atoms with Gasteiger partial charge in [-0.1, -0.05) is 6.07 Å². The van der Waals surface area contributed by atoms with Gasteiger partial charge in [-0.05, 0) is 11.6 Å². The molecule has 0 fully saturated rings. The molecule has 0 aliphatic rings. The number of aromatic nitrogens is 1. The van der Waals surface area contributed by atoms with Crippen molar-refractivity contribution in [3.8, 4) is 0 Å². The van der Waals surface area contributed by atoms with Gasteiger partial charge in [0, 0.05) is 27.0 Å². The monoisotopic (exact) mass is 226 g/mol. The van der Waals surface area contributed by atoms with Crippen molar-refractivity contribution < 1.29 is 14.6 Å². The Kier molecular flexibility index (Phi) is 5.77. The van der Waals surface area contributed by atoms with Gasteiger partial charge in [-0.2, -0.15) is 0 Å². The van der Waals surface area contributed by atoms with Gasteiger partial charge in [-0.25, -0.2) is 4.98 Å². The van der Waals surface area contributed by atoms with Crippen LogP contribution < -0.4 is 5.32 Å². The van der Waals surface area contributed by atoms with Crippen LogP contribution in [0.25, 0.3) is 0 Å². The molecule has 5 heteroatoms. The molecule has 1 unspecified atom stereocenters. The highest BCUT2D eigenvalue weighted by Crippen LogP contribution is 2.05. The Bertz CT molecular complexity index is 290. The fourth-order valence-corrected chi connectivity index (χ4v) is 1.24. The van der Waals surface area contributed by atoms with Crippen molar-refractivity contribution in [2.24, 2.45) is 0 Å². The van der Waals surface area contributed by atoms with Gasteiger partial charge in [-0.3, -0.25) is 0 Å². The van der Waals surface area contributed by atoms with Crippen LogP contribution in [0.1, 0.15) is 5.56 Å². The van der Waals surface area contributed by atoms with Crippen LogP contribution in [0.15, 0.2) is 18.3 Å². The van der Waals surface area contributed by atoms with Crippen LogP contribution in [0.2, 0.25) is 0 Å². The molecule has 0 saturated heterocycles. The molecule has 0 aliphatic carbocycles. The molecule has 1 rings (SSSR count).